The fourth-order valence-electron chi connectivity index (χ4n) is 1.76. The molecule has 1 N–H and O–H groups in total. The zero-order valence-corrected chi connectivity index (χ0v) is 10.9. The van der Waals surface area contributed by atoms with E-state index < -0.39 is 5.97 Å². The van der Waals surface area contributed by atoms with Crippen molar-refractivity contribution in [3.8, 4) is 0 Å². The van der Waals surface area contributed by atoms with Crippen molar-refractivity contribution in [2.24, 2.45) is 0 Å². The van der Waals surface area contributed by atoms with E-state index in [0.29, 0.717) is 11.6 Å². The minimum absolute atomic E-state index is 0.0655. The van der Waals surface area contributed by atoms with Gasteiger partial charge in [-0.1, -0.05) is 11.6 Å². The average Bonchev–Trinajstić information content (AvgIpc) is 2.39. The van der Waals surface area contributed by atoms with Crippen LogP contribution >= 0.6 is 11.6 Å². The van der Waals surface area contributed by atoms with E-state index in [0.717, 1.165) is 11.3 Å². The molecule has 0 fully saturated rings. The lowest BCUT2D eigenvalue weighted by molar-refractivity contribution is -0.135. The Morgan fingerprint density at radius 2 is 1.79 bits per heavy atom. The summed E-state index contributed by atoms with van der Waals surface area (Å²) in [5.41, 5.74) is 1.83. The van der Waals surface area contributed by atoms with Gasteiger partial charge in [0.05, 0.1) is 0 Å². The Hall–Kier alpha value is -2.07. The molecule has 1 heterocycles. The summed E-state index contributed by atoms with van der Waals surface area (Å²) in [5.74, 6) is -0.871. The van der Waals surface area contributed by atoms with Crippen molar-refractivity contribution in [1.29, 1.82) is 0 Å². The first-order valence-electron chi connectivity index (χ1n) is 5.76. The molecule has 4 nitrogen and oxygen atoms in total. The molecular formula is C14H13ClN2O2. The number of halogens is 1. The van der Waals surface area contributed by atoms with Crippen LogP contribution in [0.1, 0.15) is 5.56 Å². The summed E-state index contributed by atoms with van der Waals surface area (Å²) in [5, 5.41) is 9.63. The van der Waals surface area contributed by atoms with E-state index in [1.54, 1.807) is 29.4 Å². The molecule has 0 radical (unpaired) electrons. The van der Waals surface area contributed by atoms with Crippen LogP contribution in [0.4, 0.5) is 5.69 Å². The van der Waals surface area contributed by atoms with E-state index in [-0.39, 0.29) is 6.54 Å². The third kappa shape index (κ3) is 3.96. The quantitative estimate of drug-likeness (QED) is 0.912. The van der Waals surface area contributed by atoms with E-state index in [4.69, 9.17) is 16.7 Å². The standard InChI is InChI=1S/C14H13ClN2O2/c15-12-1-3-13(4-2-12)17(10-14(18)19)9-11-5-7-16-8-6-11/h1-8H,9-10H2,(H,18,19). The second-order valence-corrected chi connectivity index (χ2v) is 4.52. The highest BCUT2D eigenvalue weighted by Crippen LogP contribution is 2.19. The van der Waals surface area contributed by atoms with Gasteiger partial charge in [0.2, 0.25) is 0 Å². The Morgan fingerprint density at radius 1 is 1.16 bits per heavy atom. The van der Waals surface area contributed by atoms with Gasteiger partial charge in [-0.2, -0.15) is 0 Å². The molecule has 0 amide bonds. The maximum atomic E-state index is 11.0. The Labute approximate surface area is 116 Å². The van der Waals surface area contributed by atoms with Gasteiger partial charge in [-0.05, 0) is 42.0 Å². The number of hydrogen-bond acceptors (Lipinski definition) is 3. The van der Waals surface area contributed by atoms with Crippen molar-refractivity contribution in [2.45, 2.75) is 6.54 Å². The first-order valence-corrected chi connectivity index (χ1v) is 6.14. The zero-order valence-electron chi connectivity index (χ0n) is 10.2. The SMILES string of the molecule is O=C(O)CN(Cc1ccncc1)c1ccc(Cl)cc1. The highest BCUT2D eigenvalue weighted by molar-refractivity contribution is 6.30. The molecule has 0 unspecified atom stereocenters. The Kier molecular flexibility index (Phi) is 4.36. The van der Waals surface area contributed by atoms with Crippen LogP contribution < -0.4 is 4.90 Å². The number of anilines is 1. The highest BCUT2D eigenvalue weighted by atomic mass is 35.5. The summed E-state index contributed by atoms with van der Waals surface area (Å²) in [6.07, 6.45) is 3.38. The monoisotopic (exact) mass is 276 g/mol. The lowest BCUT2D eigenvalue weighted by atomic mass is 10.2. The van der Waals surface area contributed by atoms with E-state index in [1.807, 2.05) is 24.3 Å². The van der Waals surface area contributed by atoms with E-state index in [9.17, 15) is 4.79 Å². The lowest BCUT2D eigenvalue weighted by Gasteiger charge is -2.23. The number of carbonyl (C=O) groups is 1. The Balaban J connectivity index is 2.20. The molecule has 0 bridgehead atoms. The fraction of sp³-hybridized carbons (Fsp3) is 0.143. The molecule has 1 aromatic heterocycles. The van der Waals surface area contributed by atoms with Crippen molar-refractivity contribution >= 4 is 23.3 Å². The number of aliphatic carboxylic acids is 1. The predicted octanol–water partition coefficient (Wildman–Crippen LogP) is 2.83. The molecule has 19 heavy (non-hydrogen) atoms. The molecule has 0 aliphatic carbocycles. The second kappa shape index (κ2) is 6.20. The van der Waals surface area contributed by atoms with E-state index in [2.05, 4.69) is 4.98 Å². The number of pyridine rings is 1. The van der Waals surface area contributed by atoms with Crippen LogP contribution in [0.15, 0.2) is 48.8 Å². The second-order valence-electron chi connectivity index (χ2n) is 4.08. The maximum Gasteiger partial charge on any atom is 0.323 e. The summed E-state index contributed by atoms with van der Waals surface area (Å²) in [6.45, 7) is 0.445. The minimum Gasteiger partial charge on any atom is -0.480 e. The molecule has 2 aromatic rings. The van der Waals surface area contributed by atoms with Gasteiger partial charge in [0.15, 0.2) is 0 Å². The van der Waals surface area contributed by atoms with Crippen LogP contribution in [0.2, 0.25) is 5.02 Å². The van der Waals surface area contributed by atoms with Gasteiger partial charge in [-0.25, -0.2) is 0 Å². The van der Waals surface area contributed by atoms with Crippen LogP contribution in [0.25, 0.3) is 0 Å². The molecule has 0 aliphatic heterocycles. The third-order valence-electron chi connectivity index (χ3n) is 2.64. The number of benzene rings is 1. The van der Waals surface area contributed by atoms with E-state index in [1.165, 1.54) is 0 Å². The lowest BCUT2D eigenvalue weighted by Crippen LogP contribution is -2.29. The van der Waals surface area contributed by atoms with Crippen molar-refractivity contribution in [3.63, 3.8) is 0 Å². The molecule has 0 spiro atoms. The van der Waals surface area contributed by atoms with E-state index >= 15 is 0 Å². The number of nitrogens with zero attached hydrogens (tertiary/aromatic N) is 2. The first-order chi connectivity index (χ1) is 9.15. The molecule has 98 valence electrons. The number of hydrogen-bond donors (Lipinski definition) is 1. The number of rotatable bonds is 5. The van der Waals surface area contributed by atoms with Gasteiger partial charge in [-0.3, -0.25) is 9.78 Å². The number of carboxylic acid groups (broad SMARTS) is 1. The molecule has 0 saturated carbocycles. The third-order valence-corrected chi connectivity index (χ3v) is 2.89. The van der Waals surface area contributed by atoms with Crippen molar-refractivity contribution in [3.05, 3.63) is 59.4 Å². The fourth-order valence-corrected chi connectivity index (χ4v) is 1.89. The van der Waals surface area contributed by atoms with Crippen molar-refractivity contribution in [2.75, 3.05) is 11.4 Å². The predicted molar refractivity (Wildman–Crippen MR) is 74.4 cm³/mol. The van der Waals surface area contributed by atoms with Crippen molar-refractivity contribution < 1.29 is 9.90 Å². The Bertz CT molecular complexity index is 543. The number of carboxylic acids is 1. The molecular weight excluding hydrogens is 264 g/mol. The zero-order chi connectivity index (χ0) is 13.7. The summed E-state index contributed by atoms with van der Waals surface area (Å²) < 4.78 is 0. The molecule has 0 aliphatic rings. The maximum absolute atomic E-state index is 11.0. The highest BCUT2D eigenvalue weighted by Gasteiger charge is 2.11. The van der Waals surface area contributed by atoms with Crippen LogP contribution in [0, 0.1) is 0 Å². The smallest absolute Gasteiger partial charge is 0.323 e. The van der Waals surface area contributed by atoms with Crippen LogP contribution in [-0.4, -0.2) is 22.6 Å². The summed E-state index contributed by atoms with van der Waals surface area (Å²) >= 11 is 5.84. The molecule has 0 atom stereocenters. The summed E-state index contributed by atoms with van der Waals surface area (Å²) in [7, 11) is 0. The van der Waals surface area contributed by atoms with Gasteiger partial charge in [-0.15, -0.1) is 0 Å². The van der Waals surface area contributed by atoms with Crippen LogP contribution in [0.3, 0.4) is 0 Å². The van der Waals surface area contributed by atoms with Gasteiger partial charge in [0, 0.05) is 29.6 Å². The van der Waals surface area contributed by atoms with Gasteiger partial charge in [0.1, 0.15) is 6.54 Å². The molecule has 0 saturated heterocycles. The first kappa shape index (κ1) is 13.4. The normalized spacial score (nSPS) is 10.2. The van der Waals surface area contributed by atoms with Gasteiger partial charge >= 0.3 is 5.97 Å². The molecule has 1 aromatic carbocycles. The minimum atomic E-state index is -0.871. The largest absolute Gasteiger partial charge is 0.480 e. The summed E-state index contributed by atoms with van der Waals surface area (Å²) in [6, 6.07) is 10.9. The molecule has 5 heteroatoms. The van der Waals surface area contributed by atoms with Crippen LogP contribution in [0.5, 0.6) is 0 Å². The van der Waals surface area contributed by atoms with Crippen molar-refractivity contribution in [1.82, 2.24) is 4.98 Å². The number of aromatic nitrogens is 1. The van der Waals surface area contributed by atoms with Gasteiger partial charge in [0.25, 0.3) is 0 Å². The van der Waals surface area contributed by atoms with Crippen LogP contribution in [-0.2, 0) is 11.3 Å². The van der Waals surface area contributed by atoms with Gasteiger partial charge < -0.3 is 10.0 Å². The summed E-state index contributed by atoms with van der Waals surface area (Å²) in [4.78, 5) is 16.7. The Morgan fingerprint density at radius 3 is 2.37 bits per heavy atom. The average molecular weight is 277 g/mol. The topological polar surface area (TPSA) is 53.4 Å². The molecule has 2 rings (SSSR count).